The first-order valence-corrected chi connectivity index (χ1v) is 2.97. The van der Waals surface area contributed by atoms with E-state index in [1.165, 1.54) is 0 Å². The highest BCUT2D eigenvalue weighted by Crippen LogP contribution is 1.76. The number of nitrogens with one attached hydrogen (secondary N) is 2. The minimum Gasteiger partial charge on any atom is -0.245 e. The van der Waals surface area contributed by atoms with Crippen molar-refractivity contribution in [3.8, 4) is 0 Å². The molecule has 0 aliphatic carbocycles. The Morgan fingerprint density at radius 2 is 1.75 bits per heavy atom. The van der Waals surface area contributed by atoms with Crippen LogP contribution in [0.25, 0.3) is 0 Å². The zero-order valence-electron chi connectivity index (χ0n) is 5.86. The van der Waals surface area contributed by atoms with E-state index in [1.807, 2.05) is 19.2 Å². The molecule has 3 heteroatoms. The highest BCUT2D eigenvalue weighted by molar-refractivity contribution is 4.35. The first-order valence-electron chi connectivity index (χ1n) is 2.97. The Hall–Kier alpha value is -0.120. The lowest BCUT2D eigenvalue weighted by Gasteiger charge is -2.17. The quantitative estimate of drug-likeness (QED) is 0.506. The molecule has 0 spiro atoms. The van der Waals surface area contributed by atoms with Crippen LogP contribution in [0, 0.1) is 0 Å². The molecule has 0 amide bonds. The van der Waals surface area contributed by atoms with E-state index >= 15 is 0 Å². The first kappa shape index (κ1) is 7.88. The Kier molecular flexibility index (Phi) is 4.95. The summed E-state index contributed by atoms with van der Waals surface area (Å²) in [6, 6.07) is 0. The van der Waals surface area contributed by atoms with E-state index in [9.17, 15) is 0 Å². The van der Waals surface area contributed by atoms with Gasteiger partial charge in [-0.3, -0.25) is 0 Å². The molecule has 8 heavy (non-hydrogen) atoms. The van der Waals surface area contributed by atoms with Crippen LogP contribution in [0.1, 0.15) is 13.3 Å². The average molecular weight is 117 g/mol. The van der Waals surface area contributed by atoms with Gasteiger partial charge in [0.15, 0.2) is 0 Å². The zero-order valence-corrected chi connectivity index (χ0v) is 5.86. The van der Waals surface area contributed by atoms with Crippen LogP contribution in [0.4, 0.5) is 0 Å². The van der Waals surface area contributed by atoms with Gasteiger partial charge >= 0.3 is 0 Å². The summed E-state index contributed by atoms with van der Waals surface area (Å²) in [5.41, 5.74) is 5.95. The average Bonchev–Trinajstić information content (AvgIpc) is 1.83. The molecule has 0 aliphatic rings. The van der Waals surface area contributed by atoms with Gasteiger partial charge in [-0.05, 0) is 6.42 Å². The van der Waals surface area contributed by atoms with E-state index < -0.39 is 0 Å². The van der Waals surface area contributed by atoms with E-state index in [0.29, 0.717) is 0 Å². The van der Waals surface area contributed by atoms with Gasteiger partial charge in [-0.25, -0.2) is 10.9 Å². The van der Waals surface area contributed by atoms with Gasteiger partial charge in [0.25, 0.3) is 0 Å². The summed E-state index contributed by atoms with van der Waals surface area (Å²) in [6.45, 7) is 3.18. The maximum Gasteiger partial charge on any atom is 0.0285 e. The SMILES string of the molecule is CCCN(NC)NC. The van der Waals surface area contributed by atoms with Gasteiger partial charge in [0.05, 0.1) is 0 Å². The lowest BCUT2D eigenvalue weighted by Crippen LogP contribution is -2.44. The van der Waals surface area contributed by atoms with Gasteiger partial charge in [-0.15, -0.1) is 0 Å². The minimum absolute atomic E-state index is 1.03. The van der Waals surface area contributed by atoms with Crippen molar-refractivity contribution in [2.75, 3.05) is 20.6 Å². The molecule has 50 valence electrons. The molecule has 0 unspecified atom stereocenters. The summed E-state index contributed by atoms with van der Waals surface area (Å²) >= 11 is 0. The standard InChI is InChI=1S/C5H15N3/c1-4-5-8(6-2)7-3/h6-7H,4-5H2,1-3H3. The normalized spacial score (nSPS) is 10.5. The Bertz CT molecular complexity index is 42.9. The molecule has 0 atom stereocenters. The predicted octanol–water partition coefficient (Wildman–Crippen LogP) is -0.0328. The van der Waals surface area contributed by atoms with Crippen LogP contribution in [0.3, 0.4) is 0 Å². The van der Waals surface area contributed by atoms with Crippen molar-refractivity contribution >= 4 is 0 Å². The van der Waals surface area contributed by atoms with E-state index in [-0.39, 0.29) is 0 Å². The Labute approximate surface area is 51.0 Å². The molecule has 0 saturated carbocycles. The van der Waals surface area contributed by atoms with Gasteiger partial charge < -0.3 is 0 Å². The molecule has 0 aromatic carbocycles. The first-order chi connectivity index (χ1) is 3.85. The summed E-state index contributed by atoms with van der Waals surface area (Å²) in [6.07, 6.45) is 1.15. The Balaban J connectivity index is 3.07. The van der Waals surface area contributed by atoms with Crippen LogP contribution >= 0.6 is 0 Å². The maximum atomic E-state index is 2.97. The van der Waals surface area contributed by atoms with Crippen LogP contribution < -0.4 is 10.9 Å². The van der Waals surface area contributed by atoms with Gasteiger partial charge in [0.2, 0.25) is 0 Å². The lowest BCUT2D eigenvalue weighted by atomic mass is 10.5. The summed E-state index contributed by atoms with van der Waals surface area (Å²) < 4.78 is 0. The number of hydrogen-bond donors (Lipinski definition) is 2. The maximum absolute atomic E-state index is 2.97. The molecule has 0 aromatic rings. The van der Waals surface area contributed by atoms with Crippen LogP contribution in [0.5, 0.6) is 0 Å². The van der Waals surface area contributed by atoms with Gasteiger partial charge in [-0.2, -0.15) is 5.12 Å². The van der Waals surface area contributed by atoms with Crippen LogP contribution in [0.2, 0.25) is 0 Å². The summed E-state index contributed by atoms with van der Waals surface area (Å²) in [5, 5.41) is 1.93. The minimum atomic E-state index is 1.03. The number of hydrazine groups is 2. The number of nitrogens with zero attached hydrogens (tertiary/aromatic N) is 1. The van der Waals surface area contributed by atoms with Crippen molar-refractivity contribution in [1.82, 2.24) is 16.0 Å². The molecule has 0 aromatic heterocycles. The van der Waals surface area contributed by atoms with Gasteiger partial charge in [-0.1, -0.05) is 6.92 Å². The molecular weight excluding hydrogens is 102 g/mol. The van der Waals surface area contributed by atoms with Crippen LogP contribution in [-0.4, -0.2) is 25.8 Å². The second-order valence-corrected chi connectivity index (χ2v) is 1.60. The molecular formula is C5H15N3. The largest absolute Gasteiger partial charge is 0.245 e. The molecule has 0 fully saturated rings. The third-order valence-corrected chi connectivity index (χ3v) is 0.987. The second-order valence-electron chi connectivity index (χ2n) is 1.60. The topological polar surface area (TPSA) is 27.3 Å². The molecule has 0 aliphatic heterocycles. The van der Waals surface area contributed by atoms with E-state index in [2.05, 4.69) is 17.8 Å². The highest BCUT2D eigenvalue weighted by atomic mass is 15.7. The van der Waals surface area contributed by atoms with Crippen LogP contribution in [0.15, 0.2) is 0 Å². The highest BCUT2D eigenvalue weighted by Gasteiger charge is 1.91. The van der Waals surface area contributed by atoms with Crippen molar-refractivity contribution in [2.45, 2.75) is 13.3 Å². The molecule has 0 rings (SSSR count). The number of rotatable bonds is 4. The molecule has 0 bridgehead atoms. The van der Waals surface area contributed by atoms with E-state index in [4.69, 9.17) is 0 Å². The monoisotopic (exact) mass is 117 g/mol. The fraction of sp³-hybridized carbons (Fsp3) is 1.00. The summed E-state index contributed by atoms with van der Waals surface area (Å²) in [5.74, 6) is 0. The summed E-state index contributed by atoms with van der Waals surface area (Å²) in [4.78, 5) is 0. The third-order valence-electron chi connectivity index (χ3n) is 0.987. The fourth-order valence-corrected chi connectivity index (χ4v) is 0.559. The zero-order chi connectivity index (χ0) is 6.41. The number of hydrogen-bond acceptors (Lipinski definition) is 3. The second kappa shape index (κ2) is 5.03. The predicted molar refractivity (Wildman–Crippen MR) is 35.1 cm³/mol. The lowest BCUT2D eigenvalue weighted by molar-refractivity contribution is 0.146. The Morgan fingerprint density at radius 1 is 1.25 bits per heavy atom. The smallest absolute Gasteiger partial charge is 0.0285 e. The summed E-state index contributed by atoms with van der Waals surface area (Å²) in [7, 11) is 3.79. The molecule has 0 saturated heterocycles. The van der Waals surface area contributed by atoms with Gasteiger partial charge in [0.1, 0.15) is 0 Å². The fourth-order valence-electron chi connectivity index (χ4n) is 0.559. The van der Waals surface area contributed by atoms with Crippen LogP contribution in [-0.2, 0) is 0 Å². The van der Waals surface area contributed by atoms with E-state index in [0.717, 1.165) is 13.0 Å². The van der Waals surface area contributed by atoms with E-state index in [1.54, 1.807) is 0 Å². The molecule has 2 N–H and O–H groups in total. The Morgan fingerprint density at radius 3 is 1.88 bits per heavy atom. The third kappa shape index (κ3) is 2.96. The van der Waals surface area contributed by atoms with Crippen molar-refractivity contribution in [3.05, 3.63) is 0 Å². The van der Waals surface area contributed by atoms with Crippen molar-refractivity contribution in [3.63, 3.8) is 0 Å². The van der Waals surface area contributed by atoms with Crippen molar-refractivity contribution < 1.29 is 0 Å². The molecule has 3 nitrogen and oxygen atoms in total. The molecule has 0 radical (unpaired) electrons. The molecule has 0 heterocycles. The van der Waals surface area contributed by atoms with Gasteiger partial charge in [0, 0.05) is 20.6 Å². The van der Waals surface area contributed by atoms with Crippen molar-refractivity contribution in [2.24, 2.45) is 0 Å². The van der Waals surface area contributed by atoms with Crippen molar-refractivity contribution in [1.29, 1.82) is 0 Å².